The topological polar surface area (TPSA) is 51.5 Å². The minimum atomic E-state index is -0.484. The largest absolute Gasteiger partial charge is 0.463 e. The number of furan rings is 1. The predicted octanol–water partition coefficient (Wildman–Crippen LogP) is 4.20. The number of anilines is 1. The molecule has 2 rings (SSSR count). The van der Waals surface area contributed by atoms with Crippen LogP contribution in [0.5, 0.6) is 0 Å². The van der Waals surface area contributed by atoms with Gasteiger partial charge in [-0.05, 0) is 43.7 Å². The number of esters is 1. The van der Waals surface area contributed by atoms with Gasteiger partial charge in [0.15, 0.2) is 0 Å². The third-order valence-corrected chi connectivity index (χ3v) is 3.25. The summed E-state index contributed by atoms with van der Waals surface area (Å²) in [6.07, 6.45) is 0. The molecular formula is C15H16ClNO3. The summed E-state index contributed by atoms with van der Waals surface area (Å²) >= 11 is 5.99. The van der Waals surface area contributed by atoms with E-state index in [1.807, 2.05) is 32.0 Å². The first kappa shape index (κ1) is 14.5. The molecule has 0 fully saturated rings. The van der Waals surface area contributed by atoms with Crippen LogP contribution in [-0.4, -0.2) is 13.1 Å². The van der Waals surface area contributed by atoms with E-state index < -0.39 is 5.97 Å². The maximum Gasteiger partial charge on any atom is 0.373 e. The lowest BCUT2D eigenvalue weighted by molar-refractivity contribution is 0.0562. The molecule has 0 bridgehead atoms. The number of benzene rings is 1. The van der Waals surface area contributed by atoms with Gasteiger partial charge in [0.25, 0.3) is 0 Å². The maximum atomic E-state index is 11.4. The summed E-state index contributed by atoms with van der Waals surface area (Å²) in [6, 6.07) is 8.91. The first-order valence-corrected chi connectivity index (χ1v) is 6.60. The van der Waals surface area contributed by atoms with Crippen molar-refractivity contribution in [3.05, 3.63) is 52.4 Å². The molecule has 0 aliphatic carbocycles. The highest BCUT2D eigenvalue weighted by Crippen LogP contribution is 2.26. The summed E-state index contributed by atoms with van der Waals surface area (Å²) in [6.45, 7) is 3.94. The maximum absolute atomic E-state index is 11.4. The molecule has 20 heavy (non-hydrogen) atoms. The zero-order valence-electron chi connectivity index (χ0n) is 11.6. The van der Waals surface area contributed by atoms with Gasteiger partial charge >= 0.3 is 5.97 Å². The van der Waals surface area contributed by atoms with Gasteiger partial charge in [-0.15, -0.1) is 0 Å². The third-order valence-electron chi connectivity index (χ3n) is 3.01. The van der Waals surface area contributed by atoms with Crippen molar-refractivity contribution in [1.29, 1.82) is 0 Å². The van der Waals surface area contributed by atoms with E-state index in [-0.39, 0.29) is 11.8 Å². The highest BCUT2D eigenvalue weighted by atomic mass is 35.5. The van der Waals surface area contributed by atoms with Crippen LogP contribution in [0.3, 0.4) is 0 Å². The fourth-order valence-corrected chi connectivity index (χ4v) is 2.02. The fraction of sp³-hybridized carbons (Fsp3) is 0.267. The SMILES string of the molecule is COC(=O)c1ccc(C(C)Nc2cc(Cl)ccc2C)o1. The Balaban J connectivity index is 2.15. The van der Waals surface area contributed by atoms with Crippen molar-refractivity contribution in [3.8, 4) is 0 Å². The number of carbonyl (C=O) groups is 1. The monoisotopic (exact) mass is 293 g/mol. The van der Waals surface area contributed by atoms with E-state index in [4.69, 9.17) is 16.0 Å². The van der Waals surface area contributed by atoms with Gasteiger partial charge < -0.3 is 14.5 Å². The van der Waals surface area contributed by atoms with Crippen molar-refractivity contribution in [2.75, 3.05) is 12.4 Å². The molecule has 0 amide bonds. The van der Waals surface area contributed by atoms with Gasteiger partial charge in [0.1, 0.15) is 5.76 Å². The Morgan fingerprint density at radius 3 is 2.80 bits per heavy atom. The van der Waals surface area contributed by atoms with Gasteiger partial charge in [-0.3, -0.25) is 0 Å². The molecule has 1 unspecified atom stereocenters. The Morgan fingerprint density at radius 2 is 2.10 bits per heavy atom. The molecule has 1 aromatic heterocycles. The molecule has 0 aliphatic rings. The lowest BCUT2D eigenvalue weighted by Crippen LogP contribution is -2.07. The standard InChI is InChI=1S/C15H16ClNO3/c1-9-4-5-11(16)8-12(9)17-10(2)13-6-7-14(20-13)15(18)19-3/h4-8,10,17H,1-3H3. The van der Waals surface area contributed by atoms with Gasteiger partial charge in [-0.2, -0.15) is 0 Å². The molecule has 1 aromatic carbocycles. The Hall–Kier alpha value is -1.94. The summed E-state index contributed by atoms with van der Waals surface area (Å²) < 4.78 is 10.1. The zero-order chi connectivity index (χ0) is 14.7. The van der Waals surface area contributed by atoms with Gasteiger partial charge in [0.05, 0.1) is 13.2 Å². The van der Waals surface area contributed by atoms with Gasteiger partial charge in [0, 0.05) is 10.7 Å². The van der Waals surface area contributed by atoms with Gasteiger partial charge in [0.2, 0.25) is 5.76 Å². The molecule has 0 saturated heterocycles. The Morgan fingerprint density at radius 1 is 1.35 bits per heavy atom. The number of methoxy groups -OCH3 is 1. The van der Waals surface area contributed by atoms with Crippen LogP contribution in [0.2, 0.25) is 5.02 Å². The van der Waals surface area contributed by atoms with Crippen LogP contribution in [-0.2, 0) is 4.74 Å². The summed E-state index contributed by atoms with van der Waals surface area (Å²) in [7, 11) is 1.32. The molecule has 1 heterocycles. The highest BCUT2D eigenvalue weighted by molar-refractivity contribution is 6.30. The van der Waals surface area contributed by atoms with E-state index in [0.717, 1.165) is 11.3 Å². The second-order valence-corrected chi connectivity index (χ2v) is 4.96. The molecular weight excluding hydrogens is 278 g/mol. The number of hydrogen-bond acceptors (Lipinski definition) is 4. The van der Waals surface area contributed by atoms with Crippen LogP contribution < -0.4 is 5.32 Å². The van der Waals surface area contributed by atoms with Crippen molar-refractivity contribution >= 4 is 23.3 Å². The van der Waals surface area contributed by atoms with Gasteiger partial charge in [-0.25, -0.2) is 4.79 Å². The van der Waals surface area contributed by atoms with E-state index in [9.17, 15) is 4.79 Å². The molecule has 0 spiro atoms. The molecule has 0 aliphatic heterocycles. The van der Waals surface area contributed by atoms with Crippen LogP contribution in [0.4, 0.5) is 5.69 Å². The molecule has 4 nitrogen and oxygen atoms in total. The van der Waals surface area contributed by atoms with E-state index in [1.54, 1.807) is 12.1 Å². The second kappa shape index (κ2) is 6.01. The first-order chi connectivity index (χ1) is 9.51. The molecule has 0 saturated carbocycles. The van der Waals surface area contributed by atoms with Crippen LogP contribution in [0.1, 0.15) is 34.8 Å². The number of halogens is 1. The third kappa shape index (κ3) is 3.14. The fourth-order valence-electron chi connectivity index (χ4n) is 1.85. The smallest absolute Gasteiger partial charge is 0.373 e. The van der Waals surface area contributed by atoms with Crippen molar-refractivity contribution in [2.45, 2.75) is 19.9 Å². The average Bonchev–Trinajstić information content (AvgIpc) is 2.91. The van der Waals surface area contributed by atoms with E-state index in [0.29, 0.717) is 10.8 Å². The minimum Gasteiger partial charge on any atom is -0.463 e. The quantitative estimate of drug-likeness (QED) is 0.858. The Kier molecular flexibility index (Phi) is 4.35. The Bertz CT molecular complexity index is 621. The molecule has 1 atom stereocenters. The van der Waals surface area contributed by atoms with E-state index in [1.165, 1.54) is 7.11 Å². The number of hydrogen-bond donors (Lipinski definition) is 1. The summed E-state index contributed by atoms with van der Waals surface area (Å²) in [5.74, 6) is 0.367. The summed E-state index contributed by atoms with van der Waals surface area (Å²) in [4.78, 5) is 11.4. The molecule has 2 aromatic rings. The van der Waals surface area contributed by atoms with Gasteiger partial charge in [-0.1, -0.05) is 17.7 Å². The van der Waals surface area contributed by atoms with Crippen molar-refractivity contribution in [1.82, 2.24) is 0 Å². The molecule has 1 N–H and O–H groups in total. The Labute approximate surface area is 122 Å². The number of aryl methyl sites for hydroxylation is 1. The highest BCUT2D eigenvalue weighted by Gasteiger charge is 2.15. The van der Waals surface area contributed by atoms with E-state index >= 15 is 0 Å². The normalized spacial score (nSPS) is 12.0. The average molecular weight is 294 g/mol. The van der Waals surface area contributed by atoms with Crippen LogP contribution in [0.15, 0.2) is 34.7 Å². The van der Waals surface area contributed by atoms with Crippen LogP contribution >= 0.6 is 11.6 Å². The molecule has 5 heteroatoms. The number of nitrogens with one attached hydrogen (secondary N) is 1. The van der Waals surface area contributed by atoms with E-state index in [2.05, 4.69) is 10.1 Å². The summed E-state index contributed by atoms with van der Waals surface area (Å²) in [5.41, 5.74) is 2.02. The van der Waals surface area contributed by atoms with Crippen molar-refractivity contribution < 1.29 is 13.9 Å². The van der Waals surface area contributed by atoms with Crippen molar-refractivity contribution in [2.24, 2.45) is 0 Å². The zero-order valence-corrected chi connectivity index (χ0v) is 12.3. The first-order valence-electron chi connectivity index (χ1n) is 6.22. The summed E-state index contributed by atoms with van der Waals surface area (Å²) in [5, 5.41) is 3.97. The van der Waals surface area contributed by atoms with Crippen molar-refractivity contribution in [3.63, 3.8) is 0 Å². The molecule has 106 valence electrons. The molecule has 0 radical (unpaired) electrons. The number of rotatable bonds is 4. The van der Waals surface area contributed by atoms with Crippen LogP contribution in [0, 0.1) is 6.92 Å². The number of carbonyl (C=O) groups excluding carboxylic acids is 1. The number of ether oxygens (including phenoxy) is 1. The van der Waals surface area contributed by atoms with Crippen LogP contribution in [0.25, 0.3) is 0 Å². The second-order valence-electron chi connectivity index (χ2n) is 4.52. The lowest BCUT2D eigenvalue weighted by atomic mass is 10.1. The minimum absolute atomic E-state index is 0.0921. The lowest BCUT2D eigenvalue weighted by Gasteiger charge is -2.15. The predicted molar refractivity (Wildman–Crippen MR) is 78.3 cm³/mol.